The van der Waals surface area contributed by atoms with Gasteiger partial charge in [-0.05, 0) is 40.0 Å². The average molecular weight is 191 g/mol. The molecule has 0 aliphatic heterocycles. The van der Waals surface area contributed by atoms with Gasteiger partial charge in [0.25, 0.3) is 0 Å². The fraction of sp³-hybridized carbons (Fsp3) is 0.636. The molecule has 0 amide bonds. The molecule has 0 saturated heterocycles. The summed E-state index contributed by atoms with van der Waals surface area (Å²) in [7, 11) is 0. The molecular formula is C11H17N3. The summed E-state index contributed by atoms with van der Waals surface area (Å²) in [4.78, 5) is 8.77. The Kier molecular flexibility index (Phi) is 2.40. The quantitative estimate of drug-likeness (QED) is 0.779. The van der Waals surface area contributed by atoms with Crippen LogP contribution in [0.25, 0.3) is 0 Å². The van der Waals surface area contributed by atoms with E-state index in [2.05, 4.69) is 22.2 Å². The third kappa shape index (κ3) is 1.72. The van der Waals surface area contributed by atoms with Gasteiger partial charge >= 0.3 is 0 Å². The minimum Gasteiger partial charge on any atom is -0.367 e. The second kappa shape index (κ2) is 3.56. The molecule has 2 rings (SSSR count). The number of anilines is 1. The Hall–Kier alpha value is -1.12. The summed E-state index contributed by atoms with van der Waals surface area (Å²) < 4.78 is 0. The highest BCUT2D eigenvalue weighted by atomic mass is 15.1. The van der Waals surface area contributed by atoms with Gasteiger partial charge in [0.05, 0.1) is 0 Å². The monoisotopic (exact) mass is 191 g/mol. The standard InChI is InChI=1S/C11H17N3/c1-7-8(2)12-9(3)13-11(7)14-10-5-4-6-10/h10H,4-6H2,1-3H3,(H,12,13,14). The van der Waals surface area contributed by atoms with E-state index in [0.29, 0.717) is 6.04 Å². The third-order valence-electron chi connectivity index (χ3n) is 2.95. The molecule has 1 aliphatic carbocycles. The SMILES string of the molecule is Cc1nc(C)c(C)c(NC2CCC2)n1. The number of aryl methyl sites for hydroxylation is 2. The lowest BCUT2D eigenvalue weighted by molar-refractivity contribution is 0.444. The van der Waals surface area contributed by atoms with Gasteiger partial charge in [0.2, 0.25) is 0 Å². The number of nitrogens with zero attached hydrogens (tertiary/aromatic N) is 2. The van der Waals surface area contributed by atoms with Gasteiger partial charge in [-0.15, -0.1) is 0 Å². The Morgan fingerprint density at radius 2 is 1.86 bits per heavy atom. The molecule has 0 bridgehead atoms. The van der Waals surface area contributed by atoms with E-state index < -0.39 is 0 Å². The topological polar surface area (TPSA) is 37.8 Å². The zero-order chi connectivity index (χ0) is 10.1. The maximum atomic E-state index is 4.43. The van der Waals surface area contributed by atoms with Crippen LogP contribution in [0.1, 0.15) is 36.3 Å². The summed E-state index contributed by atoms with van der Waals surface area (Å²) in [6, 6.07) is 0.641. The smallest absolute Gasteiger partial charge is 0.133 e. The molecule has 0 aromatic carbocycles. The van der Waals surface area contributed by atoms with Crippen molar-refractivity contribution in [3.05, 3.63) is 17.1 Å². The highest BCUT2D eigenvalue weighted by molar-refractivity contribution is 5.46. The maximum absolute atomic E-state index is 4.43. The van der Waals surface area contributed by atoms with E-state index in [1.807, 2.05) is 13.8 Å². The summed E-state index contributed by atoms with van der Waals surface area (Å²) in [6.45, 7) is 6.06. The lowest BCUT2D eigenvalue weighted by atomic mass is 9.93. The summed E-state index contributed by atoms with van der Waals surface area (Å²) >= 11 is 0. The summed E-state index contributed by atoms with van der Waals surface area (Å²) in [5, 5.41) is 3.48. The summed E-state index contributed by atoms with van der Waals surface area (Å²) in [5.41, 5.74) is 2.27. The van der Waals surface area contributed by atoms with Crippen LogP contribution < -0.4 is 5.32 Å². The van der Waals surface area contributed by atoms with E-state index in [-0.39, 0.29) is 0 Å². The van der Waals surface area contributed by atoms with Crippen LogP contribution in [0.3, 0.4) is 0 Å². The molecule has 1 saturated carbocycles. The van der Waals surface area contributed by atoms with E-state index in [1.54, 1.807) is 0 Å². The molecule has 0 radical (unpaired) electrons. The van der Waals surface area contributed by atoms with Gasteiger partial charge in [-0.25, -0.2) is 9.97 Å². The number of hydrogen-bond donors (Lipinski definition) is 1. The van der Waals surface area contributed by atoms with Gasteiger partial charge in [0.1, 0.15) is 11.6 Å². The molecule has 1 fully saturated rings. The molecular weight excluding hydrogens is 174 g/mol. The van der Waals surface area contributed by atoms with Crippen LogP contribution in [0.15, 0.2) is 0 Å². The number of nitrogens with one attached hydrogen (secondary N) is 1. The first kappa shape index (κ1) is 9.44. The van der Waals surface area contributed by atoms with Gasteiger partial charge in [0, 0.05) is 17.3 Å². The average Bonchev–Trinajstić information content (AvgIpc) is 2.05. The van der Waals surface area contributed by atoms with E-state index in [4.69, 9.17) is 0 Å². The van der Waals surface area contributed by atoms with Crippen LogP contribution >= 0.6 is 0 Å². The van der Waals surface area contributed by atoms with Crippen molar-refractivity contribution in [1.82, 2.24) is 9.97 Å². The van der Waals surface area contributed by atoms with E-state index >= 15 is 0 Å². The largest absolute Gasteiger partial charge is 0.367 e. The molecule has 0 unspecified atom stereocenters. The molecule has 1 aromatic rings. The molecule has 1 aromatic heterocycles. The Balaban J connectivity index is 2.22. The molecule has 1 aliphatic rings. The number of rotatable bonds is 2. The van der Waals surface area contributed by atoms with Crippen molar-refractivity contribution in [3.63, 3.8) is 0 Å². The van der Waals surface area contributed by atoms with Crippen LogP contribution in [0, 0.1) is 20.8 Å². The van der Waals surface area contributed by atoms with Gasteiger partial charge in [-0.2, -0.15) is 0 Å². The van der Waals surface area contributed by atoms with Crippen molar-refractivity contribution in [2.24, 2.45) is 0 Å². The third-order valence-corrected chi connectivity index (χ3v) is 2.95. The van der Waals surface area contributed by atoms with Crippen LogP contribution in [-0.2, 0) is 0 Å². The van der Waals surface area contributed by atoms with Crippen molar-refractivity contribution in [2.75, 3.05) is 5.32 Å². The van der Waals surface area contributed by atoms with Gasteiger partial charge in [0.15, 0.2) is 0 Å². The predicted octanol–water partition coefficient (Wildman–Crippen LogP) is 2.37. The Morgan fingerprint density at radius 3 is 2.43 bits per heavy atom. The summed E-state index contributed by atoms with van der Waals surface area (Å²) in [6.07, 6.45) is 3.91. The lowest BCUT2D eigenvalue weighted by Crippen LogP contribution is -2.28. The van der Waals surface area contributed by atoms with E-state index in [0.717, 1.165) is 17.3 Å². The first-order valence-corrected chi connectivity index (χ1v) is 5.25. The van der Waals surface area contributed by atoms with Crippen LogP contribution in [0.5, 0.6) is 0 Å². The van der Waals surface area contributed by atoms with Gasteiger partial charge < -0.3 is 5.32 Å². The second-order valence-corrected chi connectivity index (χ2v) is 4.10. The Morgan fingerprint density at radius 1 is 1.14 bits per heavy atom. The first-order chi connectivity index (χ1) is 6.66. The van der Waals surface area contributed by atoms with Crippen molar-refractivity contribution in [1.29, 1.82) is 0 Å². The molecule has 3 nitrogen and oxygen atoms in total. The second-order valence-electron chi connectivity index (χ2n) is 4.10. The fourth-order valence-electron chi connectivity index (χ4n) is 1.66. The van der Waals surface area contributed by atoms with Crippen molar-refractivity contribution in [2.45, 2.75) is 46.1 Å². The van der Waals surface area contributed by atoms with E-state index in [1.165, 1.54) is 24.8 Å². The molecule has 0 spiro atoms. The lowest BCUT2D eigenvalue weighted by Gasteiger charge is -2.27. The molecule has 14 heavy (non-hydrogen) atoms. The Labute approximate surface area is 85.0 Å². The molecule has 76 valence electrons. The Bertz CT molecular complexity index is 343. The van der Waals surface area contributed by atoms with Crippen molar-refractivity contribution >= 4 is 5.82 Å². The minimum atomic E-state index is 0.641. The highest BCUT2D eigenvalue weighted by Crippen LogP contribution is 2.24. The highest BCUT2D eigenvalue weighted by Gasteiger charge is 2.18. The normalized spacial score (nSPS) is 16.5. The molecule has 0 atom stereocenters. The number of aromatic nitrogens is 2. The molecule has 1 N–H and O–H groups in total. The number of hydrogen-bond acceptors (Lipinski definition) is 3. The zero-order valence-electron chi connectivity index (χ0n) is 9.09. The molecule has 1 heterocycles. The van der Waals surface area contributed by atoms with Crippen molar-refractivity contribution in [3.8, 4) is 0 Å². The van der Waals surface area contributed by atoms with Crippen LogP contribution in [-0.4, -0.2) is 16.0 Å². The van der Waals surface area contributed by atoms with Crippen molar-refractivity contribution < 1.29 is 0 Å². The predicted molar refractivity (Wildman–Crippen MR) is 57.5 cm³/mol. The van der Waals surface area contributed by atoms with Crippen LogP contribution in [0.2, 0.25) is 0 Å². The maximum Gasteiger partial charge on any atom is 0.133 e. The zero-order valence-corrected chi connectivity index (χ0v) is 9.09. The molecule has 3 heteroatoms. The fourth-order valence-corrected chi connectivity index (χ4v) is 1.66. The summed E-state index contributed by atoms with van der Waals surface area (Å²) in [5.74, 6) is 1.88. The van der Waals surface area contributed by atoms with E-state index in [9.17, 15) is 0 Å². The van der Waals surface area contributed by atoms with Crippen LogP contribution in [0.4, 0.5) is 5.82 Å². The van der Waals surface area contributed by atoms with Gasteiger partial charge in [-0.3, -0.25) is 0 Å². The first-order valence-electron chi connectivity index (χ1n) is 5.25. The van der Waals surface area contributed by atoms with Gasteiger partial charge in [-0.1, -0.05) is 0 Å². The minimum absolute atomic E-state index is 0.641.